The fourth-order valence-corrected chi connectivity index (χ4v) is 2.10. The van der Waals surface area contributed by atoms with Crippen LogP contribution in [0.3, 0.4) is 0 Å². The van der Waals surface area contributed by atoms with Gasteiger partial charge in [0.2, 0.25) is 0 Å². The highest BCUT2D eigenvalue weighted by Gasteiger charge is 2.03. The number of hydrogen-bond donors (Lipinski definition) is 2. The Morgan fingerprint density at radius 2 is 2.06 bits per heavy atom. The van der Waals surface area contributed by atoms with Gasteiger partial charge in [0.15, 0.2) is 0 Å². The van der Waals surface area contributed by atoms with Crippen molar-refractivity contribution in [3.8, 4) is 5.75 Å². The van der Waals surface area contributed by atoms with Crippen molar-refractivity contribution in [1.82, 2.24) is 10.3 Å². The van der Waals surface area contributed by atoms with E-state index in [2.05, 4.69) is 26.2 Å². The number of pyridine rings is 1. The predicted molar refractivity (Wildman–Crippen MR) is 75.5 cm³/mol. The largest absolute Gasteiger partial charge is 0.506 e. The van der Waals surface area contributed by atoms with Gasteiger partial charge in [0.05, 0.1) is 4.47 Å². The highest BCUT2D eigenvalue weighted by molar-refractivity contribution is 9.10. The van der Waals surface area contributed by atoms with Gasteiger partial charge < -0.3 is 10.4 Å². The summed E-state index contributed by atoms with van der Waals surface area (Å²) in [4.78, 5) is 4.26. The van der Waals surface area contributed by atoms with Crippen LogP contribution in [0.15, 0.2) is 47.1 Å². The van der Waals surface area contributed by atoms with Gasteiger partial charge in [-0.05, 0) is 34.1 Å². The molecule has 0 fully saturated rings. The zero-order chi connectivity index (χ0) is 12.8. The third kappa shape index (κ3) is 3.55. The van der Waals surface area contributed by atoms with E-state index in [4.69, 9.17) is 0 Å². The molecule has 2 N–H and O–H groups in total. The van der Waals surface area contributed by atoms with Crippen LogP contribution in [0.4, 0.5) is 0 Å². The van der Waals surface area contributed by atoms with Crippen LogP contribution in [0, 0.1) is 0 Å². The van der Waals surface area contributed by atoms with Crippen molar-refractivity contribution >= 4 is 15.9 Å². The molecule has 2 rings (SSSR count). The summed E-state index contributed by atoms with van der Waals surface area (Å²) in [6.07, 6.45) is 2.69. The lowest BCUT2D eigenvalue weighted by molar-refractivity contribution is 0.461. The standard InChI is InChI=1S/C14H15BrN2O/c15-13-6-3-4-11(14(13)18)10-16-9-7-12-5-1-2-8-17-12/h1-6,8,16,18H,7,9-10H2. The van der Waals surface area contributed by atoms with Crippen LogP contribution in [0.5, 0.6) is 5.75 Å². The molecule has 94 valence electrons. The van der Waals surface area contributed by atoms with E-state index in [1.54, 1.807) is 6.20 Å². The van der Waals surface area contributed by atoms with E-state index >= 15 is 0 Å². The monoisotopic (exact) mass is 306 g/mol. The van der Waals surface area contributed by atoms with E-state index in [0.717, 1.165) is 28.7 Å². The number of aromatic hydroxyl groups is 1. The first-order chi connectivity index (χ1) is 8.77. The maximum Gasteiger partial charge on any atom is 0.134 e. The molecule has 0 saturated carbocycles. The number of halogens is 1. The van der Waals surface area contributed by atoms with E-state index in [0.29, 0.717) is 12.3 Å². The Morgan fingerprint density at radius 1 is 1.17 bits per heavy atom. The Bertz CT molecular complexity index is 502. The second-order valence-corrected chi connectivity index (χ2v) is 4.85. The number of nitrogens with one attached hydrogen (secondary N) is 1. The maximum absolute atomic E-state index is 9.81. The number of aromatic nitrogens is 1. The lowest BCUT2D eigenvalue weighted by atomic mass is 10.2. The molecule has 0 atom stereocenters. The minimum Gasteiger partial charge on any atom is -0.506 e. The number of para-hydroxylation sites is 1. The Hall–Kier alpha value is -1.39. The molecule has 0 bridgehead atoms. The van der Waals surface area contributed by atoms with Crippen molar-refractivity contribution in [2.45, 2.75) is 13.0 Å². The third-order valence-electron chi connectivity index (χ3n) is 2.67. The second-order valence-electron chi connectivity index (χ2n) is 4.00. The van der Waals surface area contributed by atoms with Gasteiger partial charge >= 0.3 is 0 Å². The highest BCUT2D eigenvalue weighted by atomic mass is 79.9. The summed E-state index contributed by atoms with van der Waals surface area (Å²) in [5.74, 6) is 0.308. The lowest BCUT2D eigenvalue weighted by Crippen LogP contribution is -2.17. The molecule has 3 nitrogen and oxygen atoms in total. The van der Waals surface area contributed by atoms with Crippen LogP contribution in [0.2, 0.25) is 0 Å². The average molecular weight is 307 g/mol. The summed E-state index contributed by atoms with van der Waals surface area (Å²) in [6.45, 7) is 1.49. The fourth-order valence-electron chi connectivity index (χ4n) is 1.69. The molecule has 18 heavy (non-hydrogen) atoms. The van der Waals surface area contributed by atoms with E-state index in [-0.39, 0.29) is 0 Å². The molecule has 0 aliphatic carbocycles. The van der Waals surface area contributed by atoms with Crippen LogP contribution in [0.1, 0.15) is 11.3 Å². The van der Waals surface area contributed by atoms with E-state index in [1.165, 1.54) is 0 Å². The Labute approximate surface area is 115 Å². The smallest absolute Gasteiger partial charge is 0.134 e. The van der Waals surface area contributed by atoms with Gasteiger partial charge in [0.1, 0.15) is 5.75 Å². The van der Waals surface area contributed by atoms with E-state index < -0.39 is 0 Å². The molecular formula is C14H15BrN2O. The van der Waals surface area contributed by atoms with Crippen molar-refractivity contribution in [2.75, 3.05) is 6.54 Å². The SMILES string of the molecule is Oc1c(Br)cccc1CNCCc1ccccn1. The zero-order valence-corrected chi connectivity index (χ0v) is 11.5. The maximum atomic E-state index is 9.81. The minimum atomic E-state index is 0.308. The summed E-state index contributed by atoms with van der Waals surface area (Å²) >= 11 is 3.30. The molecule has 0 radical (unpaired) electrons. The van der Waals surface area contributed by atoms with Crippen molar-refractivity contribution in [3.63, 3.8) is 0 Å². The molecule has 0 aliphatic rings. The number of benzene rings is 1. The fraction of sp³-hybridized carbons (Fsp3) is 0.214. The molecule has 0 unspecified atom stereocenters. The molecule has 0 spiro atoms. The quantitative estimate of drug-likeness (QED) is 0.835. The van der Waals surface area contributed by atoms with Gasteiger partial charge in [-0.15, -0.1) is 0 Å². The Morgan fingerprint density at radius 3 is 2.83 bits per heavy atom. The van der Waals surface area contributed by atoms with Crippen LogP contribution in [-0.4, -0.2) is 16.6 Å². The number of hydrogen-bond acceptors (Lipinski definition) is 3. The first kappa shape index (κ1) is 13.1. The van der Waals surface area contributed by atoms with Crippen LogP contribution in [0.25, 0.3) is 0 Å². The summed E-state index contributed by atoms with van der Waals surface area (Å²) in [5, 5.41) is 13.1. The van der Waals surface area contributed by atoms with Gasteiger partial charge in [0, 0.05) is 37.0 Å². The number of phenols is 1. The Kier molecular flexibility index (Phi) is 4.73. The first-order valence-corrected chi connectivity index (χ1v) is 6.63. The molecule has 0 aliphatic heterocycles. The average Bonchev–Trinajstić information content (AvgIpc) is 2.40. The normalized spacial score (nSPS) is 10.5. The summed E-state index contributed by atoms with van der Waals surface area (Å²) in [7, 11) is 0. The third-order valence-corrected chi connectivity index (χ3v) is 3.31. The molecule has 1 aromatic heterocycles. The summed E-state index contributed by atoms with van der Waals surface area (Å²) in [5.41, 5.74) is 1.97. The molecule has 4 heteroatoms. The zero-order valence-electron chi connectivity index (χ0n) is 9.94. The minimum absolute atomic E-state index is 0.308. The van der Waals surface area contributed by atoms with Crippen LogP contribution in [-0.2, 0) is 13.0 Å². The van der Waals surface area contributed by atoms with Crippen molar-refractivity contribution < 1.29 is 5.11 Å². The molecule has 0 saturated heterocycles. The van der Waals surface area contributed by atoms with E-state index in [9.17, 15) is 5.11 Å². The van der Waals surface area contributed by atoms with Gasteiger partial charge in [-0.3, -0.25) is 4.98 Å². The molecule has 1 aromatic carbocycles. The van der Waals surface area contributed by atoms with Gasteiger partial charge in [0.25, 0.3) is 0 Å². The number of nitrogens with zero attached hydrogens (tertiary/aromatic N) is 1. The van der Waals surface area contributed by atoms with Gasteiger partial charge in [-0.25, -0.2) is 0 Å². The molecule has 1 heterocycles. The predicted octanol–water partition coefficient (Wildman–Crippen LogP) is 2.88. The molecular weight excluding hydrogens is 292 g/mol. The molecule has 0 amide bonds. The van der Waals surface area contributed by atoms with Crippen LogP contribution < -0.4 is 5.32 Å². The first-order valence-electron chi connectivity index (χ1n) is 5.84. The number of rotatable bonds is 5. The highest BCUT2D eigenvalue weighted by Crippen LogP contribution is 2.27. The van der Waals surface area contributed by atoms with Crippen molar-refractivity contribution in [2.24, 2.45) is 0 Å². The summed E-state index contributed by atoms with van der Waals surface area (Å²) in [6, 6.07) is 11.6. The number of phenolic OH excluding ortho intramolecular Hbond substituents is 1. The Balaban J connectivity index is 1.81. The van der Waals surface area contributed by atoms with Crippen LogP contribution >= 0.6 is 15.9 Å². The molecule has 2 aromatic rings. The van der Waals surface area contributed by atoms with E-state index in [1.807, 2.05) is 36.4 Å². The summed E-state index contributed by atoms with van der Waals surface area (Å²) < 4.78 is 0.728. The van der Waals surface area contributed by atoms with Crippen molar-refractivity contribution in [1.29, 1.82) is 0 Å². The second kappa shape index (κ2) is 6.52. The van der Waals surface area contributed by atoms with Crippen molar-refractivity contribution in [3.05, 3.63) is 58.3 Å². The van der Waals surface area contributed by atoms with Gasteiger partial charge in [-0.1, -0.05) is 18.2 Å². The van der Waals surface area contributed by atoms with Gasteiger partial charge in [-0.2, -0.15) is 0 Å². The lowest BCUT2D eigenvalue weighted by Gasteiger charge is -2.07. The topological polar surface area (TPSA) is 45.1 Å².